The van der Waals surface area contributed by atoms with Crippen molar-refractivity contribution in [3.8, 4) is 0 Å². The molecule has 1 saturated heterocycles. The van der Waals surface area contributed by atoms with Crippen LogP contribution in [0.2, 0.25) is 0 Å². The van der Waals surface area contributed by atoms with Crippen LogP contribution in [-0.2, 0) is 4.74 Å². The molecule has 18 heavy (non-hydrogen) atoms. The third-order valence-corrected chi connectivity index (χ3v) is 2.66. The van der Waals surface area contributed by atoms with Crippen molar-refractivity contribution in [1.82, 2.24) is 5.32 Å². The monoisotopic (exact) mass is 256 g/mol. The summed E-state index contributed by atoms with van der Waals surface area (Å²) in [5.74, 6) is -1.27. The molecule has 0 aliphatic carbocycles. The number of amides is 1. The lowest BCUT2D eigenvalue weighted by atomic mass is 10.0. The summed E-state index contributed by atoms with van der Waals surface area (Å²) in [5.41, 5.74) is -1.08. The number of furan rings is 1. The second kappa shape index (κ2) is 4.75. The second-order valence-electron chi connectivity index (χ2n) is 4.10. The Morgan fingerprint density at radius 3 is 2.94 bits per heavy atom. The molecule has 1 aromatic heterocycles. The summed E-state index contributed by atoms with van der Waals surface area (Å²) in [7, 11) is 0. The maximum Gasteiger partial charge on any atom is 0.433 e. The Bertz CT molecular complexity index is 463. The van der Waals surface area contributed by atoms with Gasteiger partial charge in [0, 0.05) is 19.6 Å². The molecule has 8 nitrogen and oxygen atoms in total. The largest absolute Gasteiger partial charge is 0.433 e. The Morgan fingerprint density at radius 2 is 2.39 bits per heavy atom. The Hall–Kier alpha value is -1.93. The van der Waals surface area contributed by atoms with Gasteiger partial charge in [0.15, 0.2) is 5.76 Å². The highest BCUT2D eigenvalue weighted by Gasteiger charge is 2.33. The predicted octanol–water partition coefficient (Wildman–Crippen LogP) is 0.0690. The third kappa shape index (κ3) is 2.66. The molecule has 1 amide bonds. The molecule has 1 atom stereocenters. The van der Waals surface area contributed by atoms with E-state index in [0.29, 0.717) is 13.0 Å². The molecule has 98 valence electrons. The van der Waals surface area contributed by atoms with Crippen LogP contribution in [0.4, 0.5) is 5.88 Å². The number of carbonyl (C=O) groups is 1. The third-order valence-electron chi connectivity index (χ3n) is 2.66. The normalized spacial score (nSPS) is 22.9. The molecule has 8 heteroatoms. The number of nitrogens with one attached hydrogen (secondary N) is 1. The minimum Gasteiger partial charge on any atom is -0.395 e. The fourth-order valence-electron chi connectivity index (χ4n) is 1.62. The molecular weight excluding hydrogens is 244 g/mol. The van der Waals surface area contributed by atoms with Crippen LogP contribution in [0.1, 0.15) is 17.0 Å². The lowest BCUT2D eigenvalue weighted by molar-refractivity contribution is -0.402. The molecule has 1 aliphatic rings. The molecule has 2 rings (SSSR count). The van der Waals surface area contributed by atoms with Crippen molar-refractivity contribution in [3.05, 3.63) is 28.0 Å². The van der Waals surface area contributed by atoms with Crippen molar-refractivity contribution in [3.63, 3.8) is 0 Å². The van der Waals surface area contributed by atoms with E-state index in [1.54, 1.807) is 0 Å². The van der Waals surface area contributed by atoms with Crippen LogP contribution in [0.5, 0.6) is 0 Å². The molecule has 0 aromatic carbocycles. The topological polar surface area (TPSA) is 115 Å². The number of aliphatic hydroxyl groups is 1. The van der Waals surface area contributed by atoms with E-state index in [1.165, 1.54) is 6.07 Å². The van der Waals surface area contributed by atoms with E-state index in [1.807, 2.05) is 0 Å². The SMILES string of the molecule is O=C(NCC1(O)CCOC1)c1ccc([N+](=O)[O-])o1. The fourth-order valence-corrected chi connectivity index (χ4v) is 1.62. The zero-order valence-corrected chi connectivity index (χ0v) is 9.42. The number of rotatable bonds is 4. The number of nitrogens with zero attached hydrogens (tertiary/aromatic N) is 1. The van der Waals surface area contributed by atoms with E-state index in [9.17, 15) is 20.0 Å². The molecule has 0 saturated carbocycles. The lowest BCUT2D eigenvalue weighted by Crippen LogP contribution is -2.43. The number of nitro groups is 1. The van der Waals surface area contributed by atoms with E-state index in [-0.39, 0.29) is 18.9 Å². The molecule has 0 bridgehead atoms. The van der Waals surface area contributed by atoms with E-state index in [0.717, 1.165) is 6.07 Å². The Kier molecular flexibility index (Phi) is 3.30. The van der Waals surface area contributed by atoms with E-state index < -0.39 is 22.3 Å². The van der Waals surface area contributed by atoms with E-state index in [2.05, 4.69) is 5.32 Å². The molecule has 2 heterocycles. The molecule has 1 unspecified atom stereocenters. The minimum absolute atomic E-state index is 0.0142. The first-order valence-electron chi connectivity index (χ1n) is 5.33. The van der Waals surface area contributed by atoms with Gasteiger partial charge in [-0.05, 0) is 6.07 Å². The summed E-state index contributed by atoms with van der Waals surface area (Å²) in [5, 5.41) is 22.7. The molecule has 2 N–H and O–H groups in total. The van der Waals surface area contributed by atoms with Gasteiger partial charge in [-0.3, -0.25) is 14.9 Å². The van der Waals surface area contributed by atoms with Gasteiger partial charge in [-0.2, -0.15) is 0 Å². The van der Waals surface area contributed by atoms with Gasteiger partial charge in [0.2, 0.25) is 0 Å². The van der Waals surface area contributed by atoms with Crippen LogP contribution in [-0.4, -0.2) is 41.3 Å². The Labute approximate surface area is 102 Å². The fraction of sp³-hybridized carbons (Fsp3) is 0.500. The van der Waals surface area contributed by atoms with Gasteiger partial charge in [-0.1, -0.05) is 0 Å². The molecular formula is C10H12N2O6. The van der Waals surface area contributed by atoms with Crippen molar-refractivity contribution < 1.29 is 24.0 Å². The lowest BCUT2D eigenvalue weighted by Gasteiger charge is -2.19. The van der Waals surface area contributed by atoms with E-state index >= 15 is 0 Å². The molecule has 1 aliphatic heterocycles. The summed E-state index contributed by atoms with van der Waals surface area (Å²) in [6.07, 6.45) is 0.436. The second-order valence-corrected chi connectivity index (χ2v) is 4.10. The first kappa shape index (κ1) is 12.5. The number of hydrogen-bond donors (Lipinski definition) is 2. The van der Waals surface area contributed by atoms with Crippen LogP contribution in [0.3, 0.4) is 0 Å². The molecule has 0 radical (unpaired) electrons. The van der Waals surface area contributed by atoms with Crippen molar-refractivity contribution >= 4 is 11.8 Å². The molecule has 1 aromatic rings. The van der Waals surface area contributed by atoms with Crippen molar-refractivity contribution in [2.24, 2.45) is 0 Å². The van der Waals surface area contributed by atoms with E-state index in [4.69, 9.17) is 9.15 Å². The summed E-state index contributed by atoms with van der Waals surface area (Å²) in [6, 6.07) is 2.31. The van der Waals surface area contributed by atoms with Crippen LogP contribution in [0.25, 0.3) is 0 Å². The van der Waals surface area contributed by atoms with Crippen LogP contribution < -0.4 is 5.32 Å². The standard InChI is InChI=1S/C10H12N2O6/c13-9(7-1-2-8(18-7)12(15)16)11-5-10(14)3-4-17-6-10/h1-2,14H,3-6H2,(H,11,13). The van der Waals surface area contributed by atoms with Crippen LogP contribution in [0, 0.1) is 10.1 Å². The summed E-state index contributed by atoms with van der Waals surface area (Å²) in [6.45, 7) is 0.616. The quantitative estimate of drug-likeness (QED) is 0.581. The average molecular weight is 256 g/mol. The van der Waals surface area contributed by atoms with Gasteiger partial charge < -0.3 is 19.6 Å². The first-order valence-corrected chi connectivity index (χ1v) is 5.33. The van der Waals surface area contributed by atoms with Crippen molar-refractivity contribution in [2.45, 2.75) is 12.0 Å². The van der Waals surface area contributed by atoms with Gasteiger partial charge in [0.25, 0.3) is 5.91 Å². The first-order chi connectivity index (χ1) is 8.50. The zero-order valence-electron chi connectivity index (χ0n) is 9.42. The summed E-state index contributed by atoms with van der Waals surface area (Å²) < 4.78 is 9.75. The van der Waals surface area contributed by atoms with Gasteiger partial charge in [-0.25, -0.2) is 0 Å². The minimum atomic E-state index is -1.08. The van der Waals surface area contributed by atoms with Crippen molar-refractivity contribution in [2.75, 3.05) is 19.8 Å². The number of carbonyl (C=O) groups excluding carboxylic acids is 1. The summed E-state index contributed by atoms with van der Waals surface area (Å²) >= 11 is 0. The average Bonchev–Trinajstić information content (AvgIpc) is 2.95. The van der Waals surface area contributed by atoms with Crippen LogP contribution >= 0.6 is 0 Å². The highest BCUT2D eigenvalue weighted by Crippen LogP contribution is 2.18. The maximum atomic E-state index is 11.6. The van der Waals surface area contributed by atoms with Gasteiger partial charge >= 0.3 is 5.88 Å². The van der Waals surface area contributed by atoms with Crippen molar-refractivity contribution in [1.29, 1.82) is 0 Å². The molecule has 0 spiro atoms. The zero-order chi connectivity index (χ0) is 13.2. The highest BCUT2D eigenvalue weighted by atomic mass is 16.6. The van der Waals surface area contributed by atoms with Gasteiger partial charge in [0.05, 0.1) is 12.7 Å². The highest BCUT2D eigenvalue weighted by molar-refractivity contribution is 5.91. The maximum absolute atomic E-state index is 11.6. The summed E-state index contributed by atoms with van der Waals surface area (Å²) in [4.78, 5) is 21.3. The van der Waals surface area contributed by atoms with Gasteiger partial charge in [0.1, 0.15) is 10.5 Å². The molecule has 1 fully saturated rings. The predicted molar refractivity (Wildman–Crippen MR) is 58.1 cm³/mol. The smallest absolute Gasteiger partial charge is 0.395 e. The van der Waals surface area contributed by atoms with Gasteiger partial charge in [-0.15, -0.1) is 0 Å². The number of hydrogen-bond acceptors (Lipinski definition) is 6. The van der Waals surface area contributed by atoms with Crippen LogP contribution in [0.15, 0.2) is 16.5 Å². The Morgan fingerprint density at radius 1 is 1.61 bits per heavy atom. The Balaban J connectivity index is 1.93. The number of ether oxygens (including phenoxy) is 1.